The van der Waals surface area contributed by atoms with Crippen LogP contribution < -0.4 is 11.1 Å². The minimum absolute atomic E-state index is 0.129. The lowest BCUT2D eigenvalue weighted by Gasteiger charge is -2.06. The summed E-state index contributed by atoms with van der Waals surface area (Å²) in [6, 6.07) is 7.42. The van der Waals surface area contributed by atoms with Crippen LogP contribution >= 0.6 is 11.5 Å². The second kappa shape index (κ2) is 5.79. The first kappa shape index (κ1) is 13.5. The van der Waals surface area contributed by atoms with Gasteiger partial charge >= 0.3 is 0 Å². The molecule has 0 aliphatic heterocycles. The Hall–Kier alpha value is -1.95. The minimum Gasteiger partial charge on any atom is -0.399 e. The van der Waals surface area contributed by atoms with E-state index in [2.05, 4.69) is 14.9 Å². The number of nitrogens with zero attached hydrogens (tertiary/aromatic N) is 2. The maximum absolute atomic E-state index is 12.1. The van der Waals surface area contributed by atoms with Gasteiger partial charge in [-0.05, 0) is 35.1 Å². The van der Waals surface area contributed by atoms with Crippen molar-refractivity contribution in [1.29, 1.82) is 0 Å². The van der Waals surface area contributed by atoms with Gasteiger partial charge in [-0.3, -0.25) is 4.79 Å². The summed E-state index contributed by atoms with van der Waals surface area (Å²) in [6.45, 7) is 4.45. The number of rotatable bonds is 4. The Morgan fingerprint density at radius 3 is 2.68 bits per heavy atom. The van der Waals surface area contributed by atoms with Crippen molar-refractivity contribution < 1.29 is 4.79 Å². The first-order valence-corrected chi connectivity index (χ1v) is 6.80. The third-order valence-corrected chi connectivity index (χ3v) is 3.44. The highest BCUT2D eigenvalue weighted by Gasteiger charge is 2.18. The van der Waals surface area contributed by atoms with Gasteiger partial charge < -0.3 is 11.1 Å². The van der Waals surface area contributed by atoms with E-state index >= 15 is 0 Å². The molecule has 6 heteroatoms. The molecule has 0 radical (unpaired) electrons. The number of hydrogen-bond acceptors (Lipinski definition) is 5. The number of nitrogens with two attached hydrogens (primary N) is 1. The Morgan fingerprint density at radius 1 is 1.37 bits per heavy atom. The normalized spacial score (nSPS) is 10.7. The fraction of sp³-hybridized carbons (Fsp3) is 0.308. The summed E-state index contributed by atoms with van der Waals surface area (Å²) >= 11 is 1.13. The summed E-state index contributed by atoms with van der Waals surface area (Å²) in [7, 11) is 0. The van der Waals surface area contributed by atoms with Gasteiger partial charge in [-0.25, -0.2) is 0 Å². The molecule has 0 bridgehead atoms. The predicted octanol–water partition coefficient (Wildman–Crippen LogP) is 2.17. The lowest BCUT2D eigenvalue weighted by atomic mass is 10.1. The Labute approximate surface area is 116 Å². The van der Waals surface area contributed by atoms with Crippen molar-refractivity contribution in [3.8, 4) is 0 Å². The van der Waals surface area contributed by atoms with Crippen LogP contribution in [0.25, 0.3) is 0 Å². The Morgan fingerprint density at radius 2 is 2.05 bits per heavy atom. The van der Waals surface area contributed by atoms with E-state index in [1.807, 2.05) is 38.1 Å². The first-order valence-electron chi connectivity index (χ1n) is 6.02. The van der Waals surface area contributed by atoms with Crippen molar-refractivity contribution in [3.05, 3.63) is 40.4 Å². The van der Waals surface area contributed by atoms with Gasteiger partial charge in [-0.2, -0.15) is 0 Å². The van der Waals surface area contributed by atoms with Gasteiger partial charge in [0.1, 0.15) is 4.88 Å². The zero-order valence-electron chi connectivity index (χ0n) is 10.9. The highest BCUT2D eigenvalue weighted by molar-refractivity contribution is 7.08. The number of carbonyl (C=O) groups is 1. The fourth-order valence-electron chi connectivity index (χ4n) is 1.63. The van der Waals surface area contributed by atoms with Crippen LogP contribution in [0.4, 0.5) is 5.69 Å². The maximum atomic E-state index is 12.1. The predicted molar refractivity (Wildman–Crippen MR) is 76.0 cm³/mol. The van der Waals surface area contributed by atoms with Crippen LogP contribution in [0.3, 0.4) is 0 Å². The van der Waals surface area contributed by atoms with Crippen molar-refractivity contribution in [2.75, 3.05) is 5.73 Å². The molecule has 1 heterocycles. The summed E-state index contributed by atoms with van der Waals surface area (Å²) in [6.07, 6.45) is 0. The lowest BCUT2D eigenvalue weighted by molar-refractivity contribution is 0.0953. The van der Waals surface area contributed by atoms with E-state index in [1.54, 1.807) is 0 Å². The molecule has 19 heavy (non-hydrogen) atoms. The van der Waals surface area contributed by atoms with Crippen LogP contribution in [0.1, 0.15) is 40.7 Å². The maximum Gasteiger partial charge on any atom is 0.265 e. The molecular weight excluding hydrogens is 260 g/mol. The van der Waals surface area contributed by atoms with Crippen LogP contribution in [0.5, 0.6) is 0 Å². The number of nitrogens with one attached hydrogen (secondary N) is 1. The standard InChI is InChI=1S/C13H16N4OS/c1-8(2)11-12(19-17-16-11)13(18)15-7-9-3-5-10(14)6-4-9/h3-6,8H,7,14H2,1-2H3,(H,15,18). The molecule has 1 aromatic heterocycles. The molecular formula is C13H16N4OS. The monoisotopic (exact) mass is 276 g/mol. The smallest absolute Gasteiger partial charge is 0.265 e. The number of nitrogen functional groups attached to an aromatic ring is 1. The van der Waals surface area contributed by atoms with Crippen molar-refractivity contribution in [3.63, 3.8) is 0 Å². The van der Waals surface area contributed by atoms with E-state index in [0.717, 1.165) is 22.8 Å². The number of hydrogen-bond donors (Lipinski definition) is 2. The van der Waals surface area contributed by atoms with Gasteiger partial charge in [0.05, 0.1) is 5.69 Å². The van der Waals surface area contributed by atoms with Gasteiger partial charge in [0.15, 0.2) is 0 Å². The molecule has 0 aliphatic carbocycles. The van der Waals surface area contributed by atoms with E-state index in [1.165, 1.54) is 0 Å². The average molecular weight is 276 g/mol. The second-order valence-electron chi connectivity index (χ2n) is 4.57. The van der Waals surface area contributed by atoms with E-state index in [4.69, 9.17) is 5.73 Å². The molecule has 5 nitrogen and oxygen atoms in total. The van der Waals surface area contributed by atoms with E-state index in [-0.39, 0.29) is 11.8 Å². The van der Waals surface area contributed by atoms with Crippen molar-refractivity contribution >= 4 is 23.1 Å². The zero-order valence-corrected chi connectivity index (χ0v) is 11.7. The van der Waals surface area contributed by atoms with Crippen LogP contribution in [-0.2, 0) is 6.54 Å². The first-order chi connectivity index (χ1) is 9.08. The highest BCUT2D eigenvalue weighted by Crippen LogP contribution is 2.19. The molecule has 0 fully saturated rings. The fourth-order valence-corrected chi connectivity index (χ4v) is 2.37. The summed E-state index contributed by atoms with van der Waals surface area (Å²) in [4.78, 5) is 12.7. The number of aromatic nitrogens is 2. The molecule has 0 atom stereocenters. The number of anilines is 1. The molecule has 0 aliphatic rings. The molecule has 0 saturated heterocycles. The molecule has 100 valence electrons. The van der Waals surface area contributed by atoms with Crippen molar-refractivity contribution in [1.82, 2.24) is 14.9 Å². The Kier molecular flexibility index (Phi) is 4.11. The van der Waals surface area contributed by atoms with Crippen molar-refractivity contribution in [2.24, 2.45) is 0 Å². The molecule has 2 rings (SSSR count). The second-order valence-corrected chi connectivity index (χ2v) is 5.32. The quantitative estimate of drug-likeness (QED) is 0.839. The summed E-state index contributed by atoms with van der Waals surface area (Å²) < 4.78 is 3.85. The number of benzene rings is 1. The third-order valence-electron chi connectivity index (χ3n) is 2.70. The molecule has 3 N–H and O–H groups in total. The third kappa shape index (κ3) is 3.29. The van der Waals surface area contributed by atoms with Crippen molar-refractivity contribution in [2.45, 2.75) is 26.3 Å². The lowest BCUT2D eigenvalue weighted by Crippen LogP contribution is -2.23. The summed E-state index contributed by atoms with van der Waals surface area (Å²) in [5.41, 5.74) is 8.08. The van der Waals surface area contributed by atoms with Crippen LogP contribution in [0.15, 0.2) is 24.3 Å². The average Bonchev–Trinajstić information content (AvgIpc) is 2.87. The molecule has 2 aromatic rings. The highest BCUT2D eigenvalue weighted by atomic mass is 32.1. The number of carbonyl (C=O) groups excluding carboxylic acids is 1. The molecule has 0 spiro atoms. The zero-order chi connectivity index (χ0) is 13.8. The molecule has 0 unspecified atom stereocenters. The molecule has 0 saturated carbocycles. The topological polar surface area (TPSA) is 80.9 Å². The molecule has 1 aromatic carbocycles. The van der Waals surface area contributed by atoms with Gasteiger partial charge in [0.25, 0.3) is 5.91 Å². The molecule has 1 amide bonds. The summed E-state index contributed by atoms with van der Waals surface area (Å²) in [5.74, 6) is 0.0616. The van der Waals surface area contributed by atoms with E-state index in [9.17, 15) is 4.79 Å². The Balaban J connectivity index is 2.01. The van der Waals surface area contributed by atoms with Gasteiger partial charge in [-0.15, -0.1) is 5.10 Å². The van der Waals surface area contributed by atoms with Crippen LogP contribution in [0, 0.1) is 0 Å². The Bertz CT molecular complexity index is 562. The van der Waals surface area contributed by atoms with Gasteiger partial charge in [-0.1, -0.05) is 30.5 Å². The minimum atomic E-state index is -0.129. The van der Waals surface area contributed by atoms with E-state index < -0.39 is 0 Å². The number of amides is 1. The summed E-state index contributed by atoms with van der Waals surface area (Å²) in [5, 5.41) is 6.86. The van der Waals surface area contributed by atoms with Gasteiger partial charge in [0, 0.05) is 12.2 Å². The van der Waals surface area contributed by atoms with Crippen LogP contribution in [0.2, 0.25) is 0 Å². The SMILES string of the molecule is CC(C)c1nnsc1C(=O)NCc1ccc(N)cc1. The van der Waals surface area contributed by atoms with E-state index in [0.29, 0.717) is 17.1 Å². The van der Waals surface area contributed by atoms with Gasteiger partial charge in [0.2, 0.25) is 0 Å². The van der Waals surface area contributed by atoms with Crippen LogP contribution in [-0.4, -0.2) is 15.5 Å². The largest absolute Gasteiger partial charge is 0.399 e.